The molecule has 0 aliphatic heterocycles. The monoisotopic (exact) mass is 220 g/mol. The highest BCUT2D eigenvalue weighted by atomic mass is 36.0. The van der Waals surface area contributed by atoms with Crippen molar-refractivity contribution in [3.63, 3.8) is 0 Å². The molecule has 0 amide bonds. The summed E-state index contributed by atoms with van der Waals surface area (Å²) >= 11 is 8.53. The summed E-state index contributed by atoms with van der Waals surface area (Å²) in [4.78, 5) is 0. The zero-order chi connectivity index (χ0) is 7.21. The third-order valence-electron chi connectivity index (χ3n) is 0. The zero-order valence-electron chi connectivity index (χ0n) is 3.14. The molecule has 0 heterocycles. The summed E-state index contributed by atoms with van der Waals surface area (Å²) in [5.41, 5.74) is 0. The maximum Gasteiger partial charge on any atom is 0.317 e. The molecule has 0 aromatic heterocycles. The van der Waals surface area contributed by atoms with Gasteiger partial charge >= 0.3 is 8.26 Å². The highest BCUT2D eigenvalue weighted by Gasteiger charge is 1.88. The van der Waals surface area contributed by atoms with Crippen LogP contribution in [-0.4, -0.2) is 8.42 Å². The molecule has 0 aliphatic carbocycles. The van der Waals surface area contributed by atoms with Crippen LogP contribution in [-0.2, 0) is 12.1 Å². The third kappa shape index (κ3) is 228. The van der Waals surface area contributed by atoms with Gasteiger partial charge in [0.15, 0.2) is 0 Å². The quantitative estimate of drug-likeness (QED) is 0.588. The maximum absolute atomic E-state index is 9.16. The molecule has 0 rings (SSSR count). The molecule has 0 radical (unpaired) electrons. The van der Waals surface area contributed by atoms with Crippen LogP contribution in [0, 0.1) is 0 Å². The fourth-order valence-electron chi connectivity index (χ4n) is 0. The van der Waals surface area contributed by atoms with Gasteiger partial charge < -0.3 is 0 Å². The van der Waals surface area contributed by atoms with Crippen molar-refractivity contribution in [1.82, 2.24) is 0 Å². The van der Waals surface area contributed by atoms with E-state index in [1.165, 1.54) is 0 Å². The SMILES string of the molecule is ClOCl.O=S(=O)(Cl)Cl. The van der Waals surface area contributed by atoms with E-state index in [1.54, 1.807) is 0 Å². The lowest BCUT2D eigenvalue weighted by molar-refractivity contribution is 0.621. The predicted octanol–water partition coefficient (Wildman–Crippen LogP) is 2.02. The van der Waals surface area contributed by atoms with E-state index in [-0.39, 0.29) is 0 Å². The van der Waals surface area contributed by atoms with Gasteiger partial charge in [0.25, 0.3) is 0 Å². The third-order valence-corrected chi connectivity index (χ3v) is 0. The fraction of sp³-hybridized carbons (Fsp3) is 0. The van der Waals surface area contributed by atoms with Gasteiger partial charge in [-0.05, 0) is 0 Å². The van der Waals surface area contributed by atoms with Gasteiger partial charge in [-0.1, -0.05) is 0 Å². The van der Waals surface area contributed by atoms with E-state index in [0.717, 1.165) is 0 Å². The van der Waals surface area contributed by atoms with E-state index in [2.05, 4.69) is 48.9 Å². The van der Waals surface area contributed by atoms with Crippen LogP contribution in [0.4, 0.5) is 0 Å². The molecule has 52 valence electrons. The molecule has 0 aromatic rings. The second-order valence-electron chi connectivity index (χ2n) is 0.437. The Morgan fingerprint density at radius 3 is 1.12 bits per heavy atom. The molecule has 3 nitrogen and oxygen atoms in total. The average molecular weight is 222 g/mol. The van der Waals surface area contributed by atoms with E-state index >= 15 is 0 Å². The Morgan fingerprint density at radius 2 is 1.12 bits per heavy atom. The molecular formula is Cl4O3S. The first-order valence-electron chi connectivity index (χ1n) is 0.951. The number of halogens is 4. The van der Waals surface area contributed by atoms with E-state index < -0.39 is 8.26 Å². The summed E-state index contributed by atoms with van der Waals surface area (Å²) in [6.07, 6.45) is 0. The van der Waals surface area contributed by atoms with Gasteiger partial charge in [-0.25, -0.2) is 0 Å². The van der Waals surface area contributed by atoms with Gasteiger partial charge in [0, 0.05) is 21.4 Å². The molecule has 0 atom stereocenters. The van der Waals surface area contributed by atoms with Crippen LogP contribution in [0.3, 0.4) is 0 Å². The minimum absolute atomic E-state index is 3.19. The summed E-state index contributed by atoms with van der Waals surface area (Å²) < 4.78 is 21.5. The standard InChI is InChI=1S/Cl2O2S.Cl2O/c1-5(2,3)4;1-3-2. The minimum Gasteiger partial charge on any atom is -0.195 e. The van der Waals surface area contributed by atoms with E-state index in [9.17, 15) is 0 Å². The highest BCUT2D eigenvalue weighted by molar-refractivity contribution is 8.31. The van der Waals surface area contributed by atoms with E-state index in [1.807, 2.05) is 0 Å². The second kappa shape index (κ2) is 6.19. The summed E-state index contributed by atoms with van der Waals surface area (Å²) in [7, 11) is 4.81. The fourth-order valence-corrected chi connectivity index (χ4v) is 0. The molecule has 0 saturated heterocycles. The number of rotatable bonds is 0. The Labute approximate surface area is 65.7 Å². The Balaban J connectivity index is 0. The molecule has 0 spiro atoms. The van der Waals surface area contributed by atoms with E-state index in [0.29, 0.717) is 0 Å². The van der Waals surface area contributed by atoms with Crippen molar-refractivity contribution in [3.8, 4) is 0 Å². The van der Waals surface area contributed by atoms with Crippen LogP contribution in [0.25, 0.3) is 0 Å². The molecule has 0 N–H and O–H groups in total. The molecule has 0 aliphatic rings. The molecule has 0 fully saturated rings. The van der Waals surface area contributed by atoms with Crippen LogP contribution in [0.5, 0.6) is 0 Å². The molecule has 0 aromatic carbocycles. The first-order valence-corrected chi connectivity index (χ1v) is 4.70. The topological polar surface area (TPSA) is 43.4 Å². The predicted molar refractivity (Wildman–Crippen MR) is 33.4 cm³/mol. The van der Waals surface area contributed by atoms with Crippen LogP contribution < -0.4 is 0 Å². The summed E-state index contributed by atoms with van der Waals surface area (Å²) in [6, 6.07) is 0. The van der Waals surface area contributed by atoms with Gasteiger partial charge in [-0.2, -0.15) is 12.3 Å². The number of hydrogen-bond donors (Lipinski definition) is 0. The van der Waals surface area contributed by atoms with Crippen molar-refractivity contribution in [2.75, 3.05) is 0 Å². The molecule has 8 heteroatoms. The Bertz CT molecular complexity index is 105. The van der Waals surface area contributed by atoms with Gasteiger partial charge in [-0.3, -0.25) is 0 Å². The smallest absolute Gasteiger partial charge is 0.195 e. The van der Waals surface area contributed by atoms with Gasteiger partial charge in [0.2, 0.25) is 0 Å². The van der Waals surface area contributed by atoms with Crippen molar-refractivity contribution in [2.45, 2.75) is 0 Å². The summed E-state index contributed by atoms with van der Waals surface area (Å²) in [6.45, 7) is 0. The van der Waals surface area contributed by atoms with E-state index in [4.69, 9.17) is 8.42 Å². The van der Waals surface area contributed by atoms with Crippen LogP contribution >= 0.6 is 45.1 Å². The van der Waals surface area contributed by atoms with Crippen molar-refractivity contribution >= 4 is 53.4 Å². The van der Waals surface area contributed by atoms with Crippen molar-refractivity contribution in [1.29, 1.82) is 0 Å². The van der Waals surface area contributed by atoms with Crippen molar-refractivity contribution in [2.24, 2.45) is 0 Å². The Morgan fingerprint density at radius 1 is 1.12 bits per heavy atom. The zero-order valence-corrected chi connectivity index (χ0v) is 6.99. The maximum atomic E-state index is 9.16. The van der Waals surface area contributed by atoms with Gasteiger partial charge in [-0.15, -0.1) is 0 Å². The molecular weight excluding hydrogens is 222 g/mol. The highest BCUT2D eigenvalue weighted by Crippen LogP contribution is 1.98. The van der Waals surface area contributed by atoms with Crippen molar-refractivity contribution < 1.29 is 12.3 Å². The van der Waals surface area contributed by atoms with Gasteiger partial charge in [0.05, 0.1) is 23.7 Å². The van der Waals surface area contributed by atoms with Crippen molar-refractivity contribution in [3.05, 3.63) is 0 Å². The van der Waals surface area contributed by atoms with Crippen LogP contribution in [0.15, 0.2) is 0 Å². The first kappa shape index (κ1) is 11.8. The lowest BCUT2D eigenvalue weighted by Gasteiger charge is -1.61. The lowest BCUT2D eigenvalue weighted by atomic mass is 15.9. The Hall–Kier alpha value is 1.07. The van der Waals surface area contributed by atoms with Gasteiger partial charge in [0.1, 0.15) is 0 Å². The van der Waals surface area contributed by atoms with Crippen LogP contribution in [0.2, 0.25) is 0 Å². The number of hydrogen-bond acceptors (Lipinski definition) is 3. The average Bonchev–Trinajstić information content (AvgIpc) is 1.27. The normalized spacial score (nSPS) is 9.50. The molecule has 0 bridgehead atoms. The second-order valence-corrected chi connectivity index (χ2v) is 4.57. The van der Waals surface area contributed by atoms with Crippen LogP contribution in [0.1, 0.15) is 0 Å². The lowest BCUT2D eigenvalue weighted by Crippen LogP contribution is -1.63. The molecule has 8 heavy (non-hydrogen) atoms. The molecule has 0 saturated carbocycles. The first-order chi connectivity index (χ1) is 3.41. The summed E-state index contributed by atoms with van der Waals surface area (Å²) in [5.74, 6) is 0. The Kier molecular flexibility index (Phi) is 9.15. The summed E-state index contributed by atoms with van der Waals surface area (Å²) in [5, 5.41) is 0. The molecule has 0 unspecified atom stereocenters. The minimum atomic E-state index is -3.72. The largest absolute Gasteiger partial charge is 0.317 e.